The van der Waals surface area contributed by atoms with Gasteiger partial charge >= 0.3 is 0 Å². The van der Waals surface area contributed by atoms with E-state index in [1.165, 1.54) is 36.2 Å². The fraction of sp³-hybridized carbons (Fsp3) is 0.600. The molecule has 1 unspecified atom stereocenters. The van der Waals surface area contributed by atoms with Gasteiger partial charge < -0.3 is 9.88 Å². The van der Waals surface area contributed by atoms with E-state index in [0.717, 1.165) is 19.5 Å². The number of hydrogen-bond donors (Lipinski definition) is 1. The lowest BCUT2D eigenvalue weighted by Crippen LogP contribution is -2.28. The maximum Gasteiger partial charge on any atom is 0.0951 e. The molecule has 0 amide bonds. The molecule has 5 heteroatoms. The van der Waals surface area contributed by atoms with Crippen LogP contribution in [-0.2, 0) is 20.0 Å². The van der Waals surface area contributed by atoms with Crippen molar-refractivity contribution in [2.24, 2.45) is 7.05 Å². The Hall–Kier alpha value is -1.62. The fourth-order valence-electron chi connectivity index (χ4n) is 3.05. The molecule has 1 aliphatic heterocycles. The van der Waals surface area contributed by atoms with Gasteiger partial charge in [0.1, 0.15) is 0 Å². The summed E-state index contributed by atoms with van der Waals surface area (Å²) in [4.78, 5) is 4.35. The first-order valence-corrected chi connectivity index (χ1v) is 7.52. The number of rotatable bonds is 4. The third-order valence-electron chi connectivity index (χ3n) is 4.08. The van der Waals surface area contributed by atoms with Crippen molar-refractivity contribution in [3.8, 4) is 0 Å². The molecule has 1 atom stereocenters. The molecule has 0 saturated carbocycles. The van der Waals surface area contributed by atoms with Crippen molar-refractivity contribution in [1.82, 2.24) is 24.6 Å². The van der Waals surface area contributed by atoms with Gasteiger partial charge in [0.15, 0.2) is 0 Å². The highest BCUT2D eigenvalue weighted by Crippen LogP contribution is 2.23. The maximum absolute atomic E-state index is 4.52. The third kappa shape index (κ3) is 2.63. The Bertz CT molecular complexity index is 563. The molecule has 1 saturated heterocycles. The predicted octanol–water partition coefficient (Wildman–Crippen LogP) is 2.04. The highest BCUT2D eigenvalue weighted by molar-refractivity contribution is 5.19. The molecule has 1 aliphatic rings. The molecule has 0 bridgehead atoms. The second kappa shape index (κ2) is 5.79. The summed E-state index contributed by atoms with van der Waals surface area (Å²) in [6.45, 7) is 4.14. The van der Waals surface area contributed by atoms with Crippen LogP contribution in [0.15, 0.2) is 18.7 Å². The average molecular weight is 273 g/mol. The summed E-state index contributed by atoms with van der Waals surface area (Å²) in [5.41, 5.74) is 3.78. The molecule has 0 aliphatic carbocycles. The number of nitrogens with one attached hydrogen (secondary N) is 1. The number of aromatic nitrogens is 4. The number of piperidine rings is 1. The van der Waals surface area contributed by atoms with Crippen molar-refractivity contribution >= 4 is 0 Å². The number of hydrogen-bond acceptors (Lipinski definition) is 3. The largest absolute Gasteiger partial charge is 0.329 e. The minimum atomic E-state index is 0.452. The molecule has 2 aromatic rings. The SMILES string of the molecule is CCc1nn(C)cc1Cn1cncc1C1CCCCN1. The van der Waals surface area contributed by atoms with Crippen molar-refractivity contribution < 1.29 is 0 Å². The van der Waals surface area contributed by atoms with E-state index < -0.39 is 0 Å². The molecule has 1 fully saturated rings. The minimum absolute atomic E-state index is 0.452. The predicted molar refractivity (Wildman–Crippen MR) is 78.5 cm³/mol. The van der Waals surface area contributed by atoms with Crippen LogP contribution in [0.5, 0.6) is 0 Å². The highest BCUT2D eigenvalue weighted by Gasteiger charge is 2.19. The average Bonchev–Trinajstić information content (AvgIpc) is 3.07. The van der Waals surface area contributed by atoms with Crippen molar-refractivity contribution in [3.63, 3.8) is 0 Å². The standard InChI is InChI=1S/C15H23N5/c1-3-13-12(9-19(2)18-13)10-20-11-16-8-15(20)14-6-4-5-7-17-14/h8-9,11,14,17H,3-7,10H2,1-2H3. The molecule has 108 valence electrons. The maximum atomic E-state index is 4.52. The molecule has 3 heterocycles. The van der Waals surface area contributed by atoms with Gasteiger partial charge in [0.05, 0.1) is 24.3 Å². The summed E-state index contributed by atoms with van der Waals surface area (Å²) in [5.74, 6) is 0. The van der Waals surface area contributed by atoms with E-state index in [-0.39, 0.29) is 0 Å². The van der Waals surface area contributed by atoms with E-state index in [4.69, 9.17) is 0 Å². The Morgan fingerprint density at radius 2 is 2.30 bits per heavy atom. The summed E-state index contributed by atoms with van der Waals surface area (Å²) < 4.78 is 4.17. The molecule has 20 heavy (non-hydrogen) atoms. The Morgan fingerprint density at radius 3 is 3.05 bits per heavy atom. The van der Waals surface area contributed by atoms with Crippen LogP contribution in [0.25, 0.3) is 0 Å². The Balaban J connectivity index is 1.82. The van der Waals surface area contributed by atoms with E-state index in [1.54, 1.807) is 0 Å². The van der Waals surface area contributed by atoms with Gasteiger partial charge in [0.25, 0.3) is 0 Å². The van der Waals surface area contributed by atoms with Crippen LogP contribution in [0.3, 0.4) is 0 Å². The lowest BCUT2D eigenvalue weighted by atomic mass is 10.0. The zero-order valence-electron chi connectivity index (χ0n) is 12.3. The quantitative estimate of drug-likeness (QED) is 0.927. The van der Waals surface area contributed by atoms with Gasteiger partial charge in [-0.15, -0.1) is 0 Å². The molecular weight excluding hydrogens is 250 g/mol. The first kappa shape index (κ1) is 13.4. The van der Waals surface area contributed by atoms with Crippen molar-refractivity contribution in [1.29, 1.82) is 0 Å². The minimum Gasteiger partial charge on any atom is -0.329 e. The van der Waals surface area contributed by atoms with Crippen molar-refractivity contribution in [3.05, 3.63) is 35.7 Å². The number of aryl methyl sites for hydroxylation is 2. The fourth-order valence-corrected chi connectivity index (χ4v) is 3.05. The molecule has 1 N–H and O–H groups in total. The summed E-state index contributed by atoms with van der Waals surface area (Å²) >= 11 is 0. The van der Waals surface area contributed by atoms with Crippen LogP contribution < -0.4 is 5.32 Å². The van der Waals surface area contributed by atoms with Gasteiger partial charge in [-0.05, 0) is 25.8 Å². The first-order chi connectivity index (χ1) is 9.78. The van der Waals surface area contributed by atoms with Gasteiger partial charge in [0, 0.05) is 31.0 Å². The topological polar surface area (TPSA) is 47.7 Å². The molecule has 5 nitrogen and oxygen atoms in total. The highest BCUT2D eigenvalue weighted by atomic mass is 15.3. The van der Waals surface area contributed by atoms with E-state index >= 15 is 0 Å². The summed E-state index contributed by atoms with van der Waals surface area (Å²) in [7, 11) is 1.99. The molecule has 2 aromatic heterocycles. The molecule has 0 spiro atoms. The summed E-state index contributed by atoms with van der Waals surface area (Å²) in [5, 5.41) is 8.12. The Kier molecular flexibility index (Phi) is 3.87. The van der Waals surface area contributed by atoms with E-state index in [0.29, 0.717) is 6.04 Å². The first-order valence-electron chi connectivity index (χ1n) is 7.52. The second-order valence-electron chi connectivity index (χ2n) is 5.58. The zero-order valence-corrected chi connectivity index (χ0v) is 12.3. The van der Waals surface area contributed by atoms with Gasteiger partial charge in [-0.2, -0.15) is 5.10 Å². The Labute approximate surface area is 120 Å². The lowest BCUT2D eigenvalue weighted by molar-refractivity contribution is 0.395. The third-order valence-corrected chi connectivity index (χ3v) is 4.08. The van der Waals surface area contributed by atoms with E-state index in [9.17, 15) is 0 Å². The number of imidazole rings is 1. The smallest absolute Gasteiger partial charge is 0.0951 e. The second-order valence-corrected chi connectivity index (χ2v) is 5.58. The van der Waals surface area contributed by atoms with Crippen molar-refractivity contribution in [2.45, 2.75) is 45.2 Å². The molecule has 0 aromatic carbocycles. The zero-order chi connectivity index (χ0) is 13.9. The van der Waals surface area contributed by atoms with Crippen LogP contribution >= 0.6 is 0 Å². The molecule has 3 rings (SSSR count). The van der Waals surface area contributed by atoms with Gasteiger partial charge in [-0.1, -0.05) is 13.3 Å². The van der Waals surface area contributed by atoms with Gasteiger partial charge in [-0.3, -0.25) is 4.68 Å². The monoisotopic (exact) mass is 273 g/mol. The van der Waals surface area contributed by atoms with E-state index in [2.05, 4.69) is 33.1 Å². The number of nitrogens with zero attached hydrogens (tertiary/aromatic N) is 4. The van der Waals surface area contributed by atoms with Crippen LogP contribution in [0.4, 0.5) is 0 Å². The van der Waals surface area contributed by atoms with Crippen molar-refractivity contribution in [2.75, 3.05) is 6.54 Å². The van der Waals surface area contributed by atoms with Gasteiger partial charge in [-0.25, -0.2) is 4.98 Å². The lowest BCUT2D eigenvalue weighted by Gasteiger charge is -2.24. The summed E-state index contributed by atoms with van der Waals surface area (Å²) in [6.07, 6.45) is 10.8. The van der Waals surface area contributed by atoms with Crippen LogP contribution in [0.1, 0.15) is 49.2 Å². The van der Waals surface area contributed by atoms with Crippen LogP contribution in [-0.4, -0.2) is 25.9 Å². The summed E-state index contributed by atoms with van der Waals surface area (Å²) in [6, 6.07) is 0.452. The Morgan fingerprint density at radius 1 is 1.40 bits per heavy atom. The van der Waals surface area contributed by atoms with Crippen LogP contribution in [0, 0.1) is 0 Å². The molecule has 0 radical (unpaired) electrons. The normalized spacial score (nSPS) is 19.4. The van der Waals surface area contributed by atoms with Crippen LogP contribution in [0.2, 0.25) is 0 Å². The van der Waals surface area contributed by atoms with E-state index in [1.807, 2.05) is 24.3 Å². The van der Waals surface area contributed by atoms with Gasteiger partial charge in [0.2, 0.25) is 0 Å². The molecular formula is C15H23N5.